The topological polar surface area (TPSA) is 62.0 Å². The summed E-state index contributed by atoms with van der Waals surface area (Å²) in [7, 11) is -3.25. The number of rotatable bonds is 6. The second-order valence-corrected chi connectivity index (χ2v) is 8.97. The fourth-order valence-electron chi connectivity index (χ4n) is 3.89. The minimum Gasteiger partial charge on any atom is -0.358 e. The molecule has 0 spiro atoms. The van der Waals surface area contributed by atoms with Crippen LogP contribution in [-0.4, -0.2) is 25.2 Å². The van der Waals surface area contributed by atoms with Crippen LogP contribution in [0.5, 0.6) is 0 Å². The van der Waals surface area contributed by atoms with Gasteiger partial charge in [-0.3, -0.25) is 0 Å². The van der Waals surface area contributed by atoms with E-state index in [0.29, 0.717) is 6.42 Å². The Labute approximate surface area is 154 Å². The Balaban J connectivity index is 1.38. The Kier molecular flexibility index (Phi) is 4.83. The van der Waals surface area contributed by atoms with Crippen molar-refractivity contribution < 1.29 is 8.42 Å². The molecule has 2 N–H and O–H groups in total. The highest BCUT2D eigenvalue weighted by atomic mass is 32.2. The second-order valence-electron chi connectivity index (χ2n) is 7.09. The van der Waals surface area contributed by atoms with Crippen molar-refractivity contribution in [2.75, 3.05) is 5.75 Å². The maximum absolute atomic E-state index is 12.5. The number of sulfonamides is 1. The van der Waals surface area contributed by atoms with E-state index >= 15 is 0 Å². The molecule has 0 radical (unpaired) electrons. The molecule has 0 saturated heterocycles. The quantitative estimate of drug-likeness (QED) is 0.699. The smallest absolute Gasteiger partial charge is 0.211 e. The van der Waals surface area contributed by atoms with Crippen LogP contribution in [-0.2, 0) is 29.3 Å². The maximum atomic E-state index is 12.5. The number of aromatic nitrogens is 1. The summed E-state index contributed by atoms with van der Waals surface area (Å²) in [6.07, 6.45) is 3.93. The maximum Gasteiger partial charge on any atom is 0.211 e. The monoisotopic (exact) mass is 368 g/mol. The van der Waals surface area contributed by atoms with Gasteiger partial charge in [-0.25, -0.2) is 13.1 Å². The zero-order valence-corrected chi connectivity index (χ0v) is 15.6. The predicted octanol–water partition coefficient (Wildman–Crippen LogP) is 3.58. The van der Waals surface area contributed by atoms with Gasteiger partial charge in [0.1, 0.15) is 0 Å². The lowest BCUT2D eigenvalue weighted by Crippen LogP contribution is -2.40. The minimum absolute atomic E-state index is 0.0107. The van der Waals surface area contributed by atoms with Crippen molar-refractivity contribution in [1.29, 1.82) is 0 Å². The molecular weight excluding hydrogens is 344 g/mol. The third-order valence-corrected chi connectivity index (χ3v) is 6.68. The Bertz CT molecular complexity index is 993. The molecule has 0 aliphatic heterocycles. The average molecular weight is 369 g/mol. The van der Waals surface area contributed by atoms with E-state index in [9.17, 15) is 8.42 Å². The Morgan fingerprint density at radius 3 is 2.65 bits per heavy atom. The lowest BCUT2D eigenvalue weighted by Gasteiger charge is -2.23. The van der Waals surface area contributed by atoms with Gasteiger partial charge in [0.2, 0.25) is 10.0 Å². The Hall–Kier alpha value is -2.11. The summed E-state index contributed by atoms with van der Waals surface area (Å²) in [5.41, 5.74) is 4.85. The van der Waals surface area contributed by atoms with E-state index in [1.807, 2.05) is 42.5 Å². The molecule has 5 heteroatoms. The molecule has 4 rings (SSSR count). The lowest BCUT2D eigenvalue weighted by molar-refractivity contribution is 0.505. The van der Waals surface area contributed by atoms with Gasteiger partial charge in [-0.05, 0) is 49.3 Å². The van der Waals surface area contributed by atoms with Gasteiger partial charge >= 0.3 is 0 Å². The molecule has 1 unspecified atom stereocenters. The SMILES string of the molecule is O=S(=O)(CCCc1ccccc1)NC1CCc2[nH]c3ccccc3c2C1. The number of aryl methyl sites for hydroxylation is 2. The summed E-state index contributed by atoms with van der Waals surface area (Å²) in [5, 5.41) is 1.22. The number of nitrogens with one attached hydrogen (secondary N) is 2. The first-order chi connectivity index (χ1) is 12.6. The third kappa shape index (κ3) is 3.84. The van der Waals surface area contributed by atoms with Crippen molar-refractivity contribution in [2.45, 2.75) is 38.1 Å². The number of para-hydroxylation sites is 1. The Morgan fingerprint density at radius 1 is 1.04 bits per heavy atom. The first kappa shape index (κ1) is 17.3. The molecular formula is C21H24N2O2S. The fourth-order valence-corrected chi connectivity index (χ4v) is 5.25. The summed E-state index contributed by atoms with van der Waals surface area (Å²) in [5.74, 6) is 0.180. The number of H-pyrrole nitrogens is 1. The van der Waals surface area contributed by atoms with Gasteiger partial charge in [-0.2, -0.15) is 0 Å². The average Bonchev–Trinajstić information content (AvgIpc) is 3.00. The van der Waals surface area contributed by atoms with Gasteiger partial charge in [0, 0.05) is 22.6 Å². The summed E-state index contributed by atoms with van der Waals surface area (Å²) in [6.45, 7) is 0. The van der Waals surface area contributed by atoms with Gasteiger partial charge in [0.05, 0.1) is 5.75 Å². The first-order valence-electron chi connectivity index (χ1n) is 9.23. The number of hydrogen-bond acceptors (Lipinski definition) is 2. The molecule has 1 heterocycles. The standard InChI is InChI=1S/C21H24N2O2S/c24-26(25,14-6-9-16-7-2-1-3-8-16)23-17-12-13-21-19(15-17)18-10-4-5-11-20(18)22-21/h1-5,7-8,10-11,17,22-23H,6,9,12-15H2. The van der Waals surface area contributed by atoms with Crippen molar-refractivity contribution >= 4 is 20.9 Å². The zero-order valence-electron chi connectivity index (χ0n) is 14.7. The minimum atomic E-state index is -3.25. The summed E-state index contributed by atoms with van der Waals surface area (Å²) < 4.78 is 27.9. The van der Waals surface area contributed by atoms with Crippen molar-refractivity contribution in [2.24, 2.45) is 0 Å². The van der Waals surface area contributed by atoms with Crippen LogP contribution in [0.1, 0.15) is 29.7 Å². The molecule has 136 valence electrons. The number of fused-ring (bicyclic) bond motifs is 3. The van der Waals surface area contributed by atoms with Crippen LogP contribution in [0.4, 0.5) is 0 Å². The molecule has 26 heavy (non-hydrogen) atoms. The lowest BCUT2D eigenvalue weighted by atomic mass is 9.92. The molecule has 1 aliphatic carbocycles. The normalized spacial score (nSPS) is 17.3. The van der Waals surface area contributed by atoms with Crippen LogP contribution in [0, 0.1) is 0 Å². The molecule has 0 saturated carbocycles. The van der Waals surface area contributed by atoms with Gasteiger partial charge in [-0.15, -0.1) is 0 Å². The molecule has 0 bridgehead atoms. The van der Waals surface area contributed by atoms with Crippen molar-refractivity contribution in [3.8, 4) is 0 Å². The van der Waals surface area contributed by atoms with E-state index < -0.39 is 10.0 Å². The second kappa shape index (κ2) is 7.25. The molecule has 1 aromatic heterocycles. The molecule has 1 atom stereocenters. The van der Waals surface area contributed by atoms with E-state index in [4.69, 9.17) is 0 Å². The summed E-state index contributed by atoms with van der Waals surface area (Å²) in [6, 6.07) is 18.3. The Morgan fingerprint density at radius 2 is 1.81 bits per heavy atom. The van der Waals surface area contributed by atoms with Crippen LogP contribution < -0.4 is 4.72 Å². The molecule has 0 amide bonds. The molecule has 3 aromatic rings. The number of aromatic amines is 1. The van der Waals surface area contributed by atoms with Gasteiger partial charge in [-0.1, -0.05) is 48.5 Å². The van der Waals surface area contributed by atoms with Crippen LogP contribution in [0.3, 0.4) is 0 Å². The summed E-state index contributed by atoms with van der Waals surface area (Å²) >= 11 is 0. The molecule has 1 aliphatic rings. The van der Waals surface area contributed by atoms with E-state index in [1.165, 1.54) is 22.2 Å². The number of benzene rings is 2. The number of hydrogen-bond donors (Lipinski definition) is 2. The highest BCUT2D eigenvalue weighted by Crippen LogP contribution is 2.29. The van der Waals surface area contributed by atoms with E-state index in [0.717, 1.165) is 31.2 Å². The molecule has 2 aromatic carbocycles. The highest BCUT2D eigenvalue weighted by Gasteiger charge is 2.25. The molecule has 4 nitrogen and oxygen atoms in total. The first-order valence-corrected chi connectivity index (χ1v) is 10.9. The van der Waals surface area contributed by atoms with Crippen LogP contribution in [0.2, 0.25) is 0 Å². The van der Waals surface area contributed by atoms with Crippen molar-refractivity contribution in [3.63, 3.8) is 0 Å². The van der Waals surface area contributed by atoms with Crippen LogP contribution in [0.25, 0.3) is 10.9 Å². The van der Waals surface area contributed by atoms with Gasteiger partial charge in [0.15, 0.2) is 0 Å². The molecule has 0 fully saturated rings. The van der Waals surface area contributed by atoms with Crippen LogP contribution >= 0.6 is 0 Å². The van der Waals surface area contributed by atoms with E-state index in [-0.39, 0.29) is 11.8 Å². The van der Waals surface area contributed by atoms with Gasteiger partial charge < -0.3 is 4.98 Å². The van der Waals surface area contributed by atoms with Crippen LogP contribution in [0.15, 0.2) is 54.6 Å². The van der Waals surface area contributed by atoms with Crippen molar-refractivity contribution in [1.82, 2.24) is 9.71 Å². The summed E-state index contributed by atoms with van der Waals surface area (Å²) in [4.78, 5) is 3.47. The van der Waals surface area contributed by atoms with Crippen molar-refractivity contribution in [3.05, 3.63) is 71.4 Å². The van der Waals surface area contributed by atoms with Gasteiger partial charge in [0.25, 0.3) is 0 Å². The fraction of sp³-hybridized carbons (Fsp3) is 0.333. The van der Waals surface area contributed by atoms with E-state index in [1.54, 1.807) is 0 Å². The highest BCUT2D eigenvalue weighted by molar-refractivity contribution is 7.89. The van der Waals surface area contributed by atoms with E-state index in [2.05, 4.69) is 21.8 Å². The largest absolute Gasteiger partial charge is 0.358 e. The predicted molar refractivity (Wildman–Crippen MR) is 106 cm³/mol. The third-order valence-electron chi connectivity index (χ3n) is 5.16. The zero-order chi connectivity index (χ0) is 18.0.